The predicted octanol–water partition coefficient (Wildman–Crippen LogP) is 3.20. The molecule has 0 spiro atoms. The molecule has 100 valence electrons. The third-order valence-corrected chi connectivity index (χ3v) is 2.79. The van der Waals surface area contributed by atoms with Crippen molar-refractivity contribution in [3.63, 3.8) is 0 Å². The average Bonchev–Trinajstić information content (AvgIpc) is 2.47. The van der Waals surface area contributed by atoms with Gasteiger partial charge in [-0.3, -0.25) is 0 Å². The number of pyridine rings is 1. The Hall–Kier alpha value is -2.23. The topological polar surface area (TPSA) is 43.4 Å². The van der Waals surface area contributed by atoms with Crippen LogP contribution >= 0.6 is 0 Å². The molecule has 19 heavy (non-hydrogen) atoms. The average molecular weight is 258 g/mol. The lowest BCUT2D eigenvalue weighted by molar-refractivity contribution is 0.356. The van der Waals surface area contributed by atoms with Crippen LogP contribution in [0.25, 0.3) is 11.3 Å². The quantitative estimate of drug-likeness (QED) is 0.894. The second-order valence-electron chi connectivity index (χ2n) is 3.98. The van der Waals surface area contributed by atoms with E-state index in [9.17, 15) is 0 Å². The van der Waals surface area contributed by atoms with Gasteiger partial charge in [0, 0.05) is 12.1 Å². The molecule has 0 fully saturated rings. The Morgan fingerprint density at radius 1 is 1.05 bits per heavy atom. The summed E-state index contributed by atoms with van der Waals surface area (Å²) >= 11 is 0. The monoisotopic (exact) mass is 258 g/mol. The molecule has 0 saturated heterocycles. The SMILES string of the molecule is CCNc1cccc(-c2cccc(OC)c2OC)n1. The highest BCUT2D eigenvalue weighted by Gasteiger charge is 2.12. The van der Waals surface area contributed by atoms with Gasteiger partial charge in [-0.05, 0) is 31.2 Å². The summed E-state index contributed by atoms with van der Waals surface area (Å²) < 4.78 is 10.7. The molecule has 0 aliphatic heterocycles. The van der Waals surface area contributed by atoms with Gasteiger partial charge in [0.2, 0.25) is 0 Å². The Labute approximate surface area is 113 Å². The molecule has 2 rings (SSSR count). The lowest BCUT2D eigenvalue weighted by Crippen LogP contribution is -2.00. The van der Waals surface area contributed by atoms with Gasteiger partial charge < -0.3 is 14.8 Å². The number of nitrogens with zero attached hydrogens (tertiary/aromatic N) is 1. The summed E-state index contributed by atoms with van der Waals surface area (Å²) in [5.41, 5.74) is 1.77. The lowest BCUT2D eigenvalue weighted by Gasteiger charge is -2.12. The molecule has 0 aliphatic rings. The van der Waals surface area contributed by atoms with Gasteiger partial charge in [0.1, 0.15) is 5.82 Å². The standard InChI is InChI=1S/C15H18N2O2/c1-4-16-14-10-6-8-12(17-14)11-7-5-9-13(18-2)15(11)19-3/h5-10H,4H2,1-3H3,(H,16,17). The van der Waals surface area contributed by atoms with Crippen LogP contribution in [-0.2, 0) is 0 Å². The number of anilines is 1. The number of para-hydroxylation sites is 1. The number of hydrogen-bond donors (Lipinski definition) is 1. The zero-order valence-corrected chi connectivity index (χ0v) is 11.4. The van der Waals surface area contributed by atoms with Crippen molar-refractivity contribution in [2.75, 3.05) is 26.1 Å². The van der Waals surface area contributed by atoms with Gasteiger partial charge in [0.05, 0.1) is 19.9 Å². The maximum atomic E-state index is 5.44. The van der Waals surface area contributed by atoms with E-state index < -0.39 is 0 Å². The zero-order chi connectivity index (χ0) is 13.7. The van der Waals surface area contributed by atoms with Crippen molar-refractivity contribution in [2.45, 2.75) is 6.92 Å². The number of methoxy groups -OCH3 is 2. The molecule has 4 nitrogen and oxygen atoms in total. The number of rotatable bonds is 5. The van der Waals surface area contributed by atoms with E-state index in [1.54, 1.807) is 14.2 Å². The maximum Gasteiger partial charge on any atom is 0.170 e. The highest BCUT2D eigenvalue weighted by molar-refractivity contribution is 5.72. The second kappa shape index (κ2) is 6.09. The molecule has 0 amide bonds. The first-order chi connectivity index (χ1) is 9.30. The van der Waals surface area contributed by atoms with Gasteiger partial charge in [-0.25, -0.2) is 4.98 Å². The first-order valence-corrected chi connectivity index (χ1v) is 6.22. The minimum Gasteiger partial charge on any atom is -0.493 e. The molecule has 0 radical (unpaired) electrons. The number of nitrogens with one attached hydrogen (secondary N) is 1. The van der Waals surface area contributed by atoms with Gasteiger partial charge in [-0.1, -0.05) is 12.1 Å². The Bertz CT molecular complexity index is 556. The van der Waals surface area contributed by atoms with Crippen LogP contribution < -0.4 is 14.8 Å². The largest absolute Gasteiger partial charge is 0.493 e. The van der Waals surface area contributed by atoms with E-state index in [1.807, 2.05) is 43.3 Å². The van der Waals surface area contributed by atoms with Gasteiger partial charge in [0.15, 0.2) is 11.5 Å². The fourth-order valence-corrected chi connectivity index (χ4v) is 1.95. The van der Waals surface area contributed by atoms with Crippen LogP contribution in [0.3, 0.4) is 0 Å². The molecule has 1 N–H and O–H groups in total. The Morgan fingerprint density at radius 3 is 2.53 bits per heavy atom. The fraction of sp³-hybridized carbons (Fsp3) is 0.267. The van der Waals surface area contributed by atoms with E-state index in [-0.39, 0.29) is 0 Å². The van der Waals surface area contributed by atoms with Crippen molar-refractivity contribution < 1.29 is 9.47 Å². The third-order valence-electron chi connectivity index (χ3n) is 2.79. The summed E-state index contributed by atoms with van der Waals surface area (Å²) in [4.78, 5) is 4.57. The molecule has 0 aliphatic carbocycles. The van der Waals surface area contributed by atoms with E-state index in [4.69, 9.17) is 9.47 Å². The first-order valence-electron chi connectivity index (χ1n) is 6.22. The Balaban J connectivity index is 2.49. The molecule has 4 heteroatoms. The zero-order valence-electron chi connectivity index (χ0n) is 11.4. The van der Waals surface area contributed by atoms with Crippen LogP contribution in [0.2, 0.25) is 0 Å². The fourth-order valence-electron chi connectivity index (χ4n) is 1.95. The molecule has 0 saturated carbocycles. The van der Waals surface area contributed by atoms with E-state index in [2.05, 4.69) is 10.3 Å². The summed E-state index contributed by atoms with van der Waals surface area (Å²) in [5.74, 6) is 2.26. The molecule has 0 unspecified atom stereocenters. The van der Waals surface area contributed by atoms with Crippen LogP contribution in [0.15, 0.2) is 36.4 Å². The van der Waals surface area contributed by atoms with Crippen molar-refractivity contribution in [1.29, 1.82) is 0 Å². The van der Waals surface area contributed by atoms with Crippen LogP contribution in [0, 0.1) is 0 Å². The van der Waals surface area contributed by atoms with E-state index in [0.717, 1.165) is 23.6 Å². The number of ether oxygens (including phenoxy) is 2. The van der Waals surface area contributed by atoms with Crippen LogP contribution in [0.4, 0.5) is 5.82 Å². The molecule has 2 aromatic rings. The minimum atomic E-state index is 0.700. The molecule has 1 aromatic carbocycles. The highest BCUT2D eigenvalue weighted by atomic mass is 16.5. The Kier molecular flexibility index (Phi) is 4.23. The summed E-state index contributed by atoms with van der Waals surface area (Å²) in [6.07, 6.45) is 0. The summed E-state index contributed by atoms with van der Waals surface area (Å²) in [5, 5.41) is 3.20. The molecule has 0 bridgehead atoms. The van der Waals surface area contributed by atoms with Crippen molar-refractivity contribution in [3.05, 3.63) is 36.4 Å². The normalized spacial score (nSPS) is 10.1. The molecule has 1 heterocycles. The van der Waals surface area contributed by atoms with Gasteiger partial charge in [-0.15, -0.1) is 0 Å². The van der Waals surface area contributed by atoms with Gasteiger partial charge in [0.25, 0.3) is 0 Å². The van der Waals surface area contributed by atoms with E-state index >= 15 is 0 Å². The summed E-state index contributed by atoms with van der Waals surface area (Å²) in [7, 11) is 3.26. The number of aromatic nitrogens is 1. The minimum absolute atomic E-state index is 0.700. The molecular formula is C15H18N2O2. The van der Waals surface area contributed by atoms with Crippen molar-refractivity contribution >= 4 is 5.82 Å². The Morgan fingerprint density at radius 2 is 1.84 bits per heavy atom. The summed E-state index contributed by atoms with van der Waals surface area (Å²) in [6.45, 7) is 2.88. The number of benzene rings is 1. The molecular weight excluding hydrogens is 240 g/mol. The van der Waals surface area contributed by atoms with Gasteiger partial charge in [-0.2, -0.15) is 0 Å². The highest BCUT2D eigenvalue weighted by Crippen LogP contribution is 2.37. The van der Waals surface area contributed by atoms with E-state index in [1.165, 1.54) is 0 Å². The van der Waals surface area contributed by atoms with Crippen molar-refractivity contribution in [1.82, 2.24) is 4.98 Å². The van der Waals surface area contributed by atoms with Crippen LogP contribution in [0.1, 0.15) is 6.92 Å². The van der Waals surface area contributed by atoms with Crippen LogP contribution in [-0.4, -0.2) is 25.7 Å². The first kappa shape index (κ1) is 13.2. The molecule has 1 aromatic heterocycles. The predicted molar refractivity (Wildman–Crippen MR) is 76.9 cm³/mol. The number of hydrogen-bond acceptors (Lipinski definition) is 4. The second-order valence-corrected chi connectivity index (χ2v) is 3.98. The van der Waals surface area contributed by atoms with Crippen molar-refractivity contribution in [2.24, 2.45) is 0 Å². The maximum absolute atomic E-state index is 5.44. The smallest absolute Gasteiger partial charge is 0.170 e. The molecule has 0 atom stereocenters. The van der Waals surface area contributed by atoms with Crippen molar-refractivity contribution in [3.8, 4) is 22.8 Å². The third kappa shape index (κ3) is 2.78. The lowest BCUT2D eigenvalue weighted by atomic mass is 10.1. The van der Waals surface area contributed by atoms with Crippen LogP contribution in [0.5, 0.6) is 11.5 Å². The van der Waals surface area contributed by atoms with E-state index in [0.29, 0.717) is 11.5 Å². The summed E-state index contributed by atoms with van der Waals surface area (Å²) in [6, 6.07) is 11.6. The van der Waals surface area contributed by atoms with Gasteiger partial charge >= 0.3 is 0 Å².